The van der Waals surface area contributed by atoms with Crippen LogP contribution >= 0.6 is 0 Å². The molecule has 0 heterocycles. The first-order chi connectivity index (χ1) is 8.06. The summed E-state index contributed by atoms with van der Waals surface area (Å²) in [5.74, 6) is 0. The van der Waals surface area contributed by atoms with Crippen LogP contribution in [0.3, 0.4) is 0 Å². The van der Waals surface area contributed by atoms with Gasteiger partial charge in [0.25, 0.3) is 0 Å². The lowest BCUT2D eigenvalue weighted by atomic mass is 9.79. The Bertz CT molecular complexity index is 303. The quantitative estimate of drug-likeness (QED) is 0.812. The van der Waals surface area contributed by atoms with Crippen LogP contribution in [0.2, 0.25) is 0 Å². The molecule has 1 N–H and O–H groups in total. The van der Waals surface area contributed by atoms with Crippen LogP contribution in [-0.2, 0) is 0 Å². The van der Waals surface area contributed by atoms with Crippen molar-refractivity contribution < 1.29 is 0 Å². The summed E-state index contributed by atoms with van der Waals surface area (Å²) < 4.78 is 0. The molecule has 96 valence electrons. The number of hydrogen-bond acceptors (Lipinski definition) is 3. The first kappa shape index (κ1) is 12.9. The predicted molar refractivity (Wildman–Crippen MR) is 69.7 cm³/mol. The number of rotatable bonds is 4. The number of hydrogen-bond donors (Lipinski definition) is 1. The van der Waals surface area contributed by atoms with Gasteiger partial charge in [-0.2, -0.15) is 5.26 Å². The second-order valence-electron chi connectivity index (χ2n) is 6.12. The zero-order valence-corrected chi connectivity index (χ0v) is 11.4. The van der Waals surface area contributed by atoms with Crippen molar-refractivity contribution in [3.63, 3.8) is 0 Å². The van der Waals surface area contributed by atoms with E-state index in [2.05, 4.69) is 37.2 Å². The largest absolute Gasteiger partial charge is 0.301 e. The van der Waals surface area contributed by atoms with Crippen LogP contribution in [-0.4, -0.2) is 35.6 Å². The Morgan fingerprint density at radius 1 is 1.35 bits per heavy atom. The van der Waals surface area contributed by atoms with E-state index in [9.17, 15) is 5.26 Å². The first-order valence-corrected chi connectivity index (χ1v) is 6.97. The maximum absolute atomic E-state index is 9.53. The smallest absolute Gasteiger partial charge is 0.108 e. The summed E-state index contributed by atoms with van der Waals surface area (Å²) in [6.07, 6.45) is 6.96. The Balaban J connectivity index is 2.01. The fraction of sp³-hybridized carbons (Fsp3) is 0.929. The maximum Gasteiger partial charge on any atom is 0.108 e. The van der Waals surface area contributed by atoms with E-state index in [0.29, 0.717) is 18.1 Å². The van der Waals surface area contributed by atoms with Crippen molar-refractivity contribution in [2.45, 2.75) is 76.0 Å². The molecule has 2 rings (SSSR count). The highest BCUT2D eigenvalue weighted by atomic mass is 15.2. The molecule has 0 aliphatic heterocycles. The van der Waals surface area contributed by atoms with Crippen LogP contribution in [0.5, 0.6) is 0 Å². The molecule has 0 aromatic heterocycles. The van der Waals surface area contributed by atoms with Crippen molar-refractivity contribution in [3.8, 4) is 6.07 Å². The molecule has 0 saturated heterocycles. The molecule has 0 amide bonds. The summed E-state index contributed by atoms with van der Waals surface area (Å²) in [6.45, 7) is 4.47. The third-order valence-corrected chi connectivity index (χ3v) is 4.39. The van der Waals surface area contributed by atoms with Gasteiger partial charge in [0.2, 0.25) is 0 Å². The van der Waals surface area contributed by atoms with Crippen LogP contribution in [0.4, 0.5) is 0 Å². The summed E-state index contributed by atoms with van der Waals surface area (Å²) in [7, 11) is 2.19. The molecule has 2 atom stereocenters. The van der Waals surface area contributed by atoms with E-state index < -0.39 is 0 Å². The predicted octanol–water partition coefficient (Wildman–Crippen LogP) is 2.28. The minimum atomic E-state index is -0.243. The van der Waals surface area contributed by atoms with Crippen LogP contribution in [0.1, 0.15) is 52.4 Å². The Morgan fingerprint density at radius 2 is 2.06 bits per heavy atom. The summed E-state index contributed by atoms with van der Waals surface area (Å²) in [5.41, 5.74) is -0.243. The van der Waals surface area contributed by atoms with Gasteiger partial charge >= 0.3 is 0 Å². The lowest BCUT2D eigenvalue weighted by molar-refractivity contribution is 0.118. The van der Waals surface area contributed by atoms with E-state index in [4.69, 9.17) is 0 Å². The minimum absolute atomic E-state index is 0.243. The molecule has 2 saturated carbocycles. The molecule has 0 aromatic carbocycles. The fourth-order valence-corrected chi connectivity index (χ4v) is 2.90. The van der Waals surface area contributed by atoms with Crippen LogP contribution < -0.4 is 5.32 Å². The Hall–Kier alpha value is -0.590. The van der Waals surface area contributed by atoms with Crippen LogP contribution in [0.15, 0.2) is 0 Å². The standard InChI is InChI=1S/C14H25N3/c1-11(2)17(3)13-5-4-8-14(9-13,10-15)16-12-6-7-12/h11-13,16H,4-9H2,1-3H3. The molecule has 0 spiro atoms. The molecule has 0 bridgehead atoms. The van der Waals surface area contributed by atoms with Crippen LogP contribution in [0, 0.1) is 11.3 Å². The summed E-state index contributed by atoms with van der Waals surface area (Å²) in [6, 6.07) is 4.33. The zero-order chi connectivity index (χ0) is 12.5. The molecule has 2 unspecified atom stereocenters. The summed E-state index contributed by atoms with van der Waals surface area (Å²) >= 11 is 0. The molecule has 0 aromatic rings. The monoisotopic (exact) mass is 235 g/mol. The third kappa shape index (κ3) is 3.00. The second-order valence-corrected chi connectivity index (χ2v) is 6.12. The molecule has 0 radical (unpaired) electrons. The topological polar surface area (TPSA) is 39.1 Å². The fourth-order valence-electron chi connectivity index (χ4n) is 2.90. The average Bonchev–Trinajstić information content (AvgIpc) is 3.12. The third-order valence-electron chi connectivity index (χ3n) is 4.39. The van der Waals surface area contributed by atoms with E-state index >= 15 is 0 Å². The summed E-state index contributed by atoms with van der Waals surface area (Å²) in [4.78, 5) is 2.43. The SMILES string of the molecule is CC(C)N(C)C1CCCC(C#N)(NC2CC2)C1. The van der Waals surface area contributed by atoms with E-state index in [1.807, 2.05) is 0 Å². The highest BCUT2D eigenvalue weighted by Crippen LogP contribution is 2.34. The van der Waals surface area contributed by atoms with E-state index in [1.165, 1.54) is 25.7 Å². The minimum Gasteiger partial charge on any atom is -0.301 e. The number of nitriles is 1. The van der Waals surface area contributed by atoms with Gasteiger partial charge in [-0.1, -0.05) is 0 Å². The van der Waals surface area contributed by atoms with Gasteiger partial charge in [-0.25, -0.2) is 0 Å². The van der Waals surface area contributed by atoms with Gasteiger partial charge in [0, 0.05) is 18.1 Å². The maximum atomic E-state index is 9.53. The highest BCUT2D eigenvalue weighted by molar-refractivity contribution is 5.13. The number of nitrogens with one attached hydrogen (secondary N) is 1. The van der Waals surface area contributed by atoms with Gasteiger partial charge in [0.1, 0.15) is 5.54 Å². The Morgan fingerprint density at radius 3 is 2.59 bits per heavy atom. The number of nitrogens with zero attached hydrogens (tertiary/aromatic N) is 2. The molecule has 17 heavy (non-hydrogen) atoms. The van der Waals surface area contributed by atoms with Gasteiger partial charge in [0.05, 0.1) is 6.07 Å². The van der Waals surface area contributed by atoms with Gasteiger partial charge in [-0.05, 0) is 59.4 Å². The van der Waals surface area contributed by atoms with Crippen molar-refractivity contribution in [1.82, 2.24) is 10.2 Å². The lowest BCUT2D eigenvalue weighted by Crippen LogP contribution is -2.53. The molecule has 2 fully saturated rings. The van der Waals surface area contributed by atoms with E-state index in [-0.39, 0.29) is 5.54 Å². The van der Waals surface area contributed by atoms with Gasteiger partial charge in [0.15, 0.2) is 0 Å². The molecule has 3 nitrogen and oxygen atoms in total. The first-order valence-electron chi connectivity index (χ1n) is 6.97. The van der Waals surface area contributed by atoms with Crippen molar-refractivity contribution >= 4 is 0 Å². The Labute approximate surface area is 105 Å². The van der Waals surface area contributed by atoms with Gasteiger partial charge in [-0.15, -0.1) is 0 Å². The van der Waals surface area contributed by atoms with E-state index in [1.54, 1.807) is 0 Å². The van der Waals surface area contributed by atoms with Crippen molar-refractivity contribution in [2.75, 3.05) is 7.05 Å². The molecular formula is C14H25N3. The van der Waals surface area contributed by atoms with Crippen LogP contribution in [0.25, 0.3) is 0 Å². The average molecular weight is 235 g/mol. The van der Waals surface area contributed by atoms with Crippen molar-refractivity contribution in [2.24, 2.45) is 0 Å². The normalized spacial score (nSPS) is 34.0. The second kappa shape index (κ2) is 4.96. The summed E-state index contributed by atoms with van der Waals surface area (Å²) in [5, 5.41) is 13.1. The van der Waals surface area contributed by atoms with E-state index in [0.717, 1.165) is 12.8 Å². The van der Waals surface area contributed by atoms with Gasteiger partial charge < -0.3 is 4.90 Å². The highest BCUT2D eigenvalue weighted by Gasteiger charge is 2.41. The molecule has 2 aliphatic carbocycles. The molecule has 3 heteroatoms. The van der Waals surface area contributed by atoms with Crippen molar-refractivity contribution in [1.29, 1.82) is 5.26 Å². The Kier molecular flexibility index (Phi) is 3.75. The van der Waals surface area contributed by atoms with Gasteiger partial charge in [-0.3, -0.25) is 5.32 Å². The molecule has 2 aliphatic rings. The lowest BCUT2D eigenvalue weighted by Gasteiger charge is -2.42. The zero-order valence-electron chi connectivity index (χ0n) is 11.4. The van der Waals surface area contributed by atoms with Crippen molar-refractivity contribution in [3.05, 3.63) is 0 Å². The molecular weight excluding hydrogens is 210 g/mol.